The SMILES string of the molecule is COC(=O)C1=C(C(=O)OC)N(c2ccc(F)cc2C(=O)Cc2ccccc2)COC1. The number of hydrogen-bond acceptors (Lipinski definition) is 7. The van der Waals surface area contributed by atoms with Crippen LogP contribution in [0, 0.1) is 5.82 Å². The zero-order valence-electron chi connectivity index (χ0n) is 16.5. The highest BCUT2D eigenvalue weighted by molar-refractivity contribution is 6.07. The number of ketones is 1. The van der Waals surface area contributed by atoms with Crippen LogP contribution in [0.1, 0.15) is 15.9 Å². The Morgan fingerprint density at radius 3 is 2.40 bits per heavy atom. The van der Waals surface area contributed by atoms with E-state index >= 15 is 0 Å². The lowest BCUT2D eigenvalue weighted by Gasteiger charge is -2.32. The number of esters is 2. The molecule has 0 atom stereocenters. The monoisotopic (exact) mass is 413 g/mol. The van der Waals surface area contributed by atoms with E-state index in [9.17, 15) is 18.8 Å². The molecular weight excluding hydrogens is 393 g/mol. The molecule has 0 radical (unpaired) electrons. The van der Waals surface area contributed by atoms with Crippen LogP contribution >= 0.6 is 0 Å². The van der Waals surface area contributed by atoms with Crippen molar-refractivity contribution in [3.8, 4) is 0 Å². The number of rotatable bonds is 6. The Morgan fingerprint density at radius 2 is 1.73 bits per heavy atom. The van der Waals surface area contributed by atoms with Crippen molar-refractivity contribution < 1.29 is 33.0 Å². The van der Waals surface area contributed by atoms with E-state index in [1.54, 1.807) is 24.3 Å². The van der Waals surface area contributed by atoms with E-state index in [0.29, 0.717) is 0 Å². The first-order valence-electron chi connectivity index (χ1n) is 9.08. The number of Topliss-reactive ketones (excluding diaryl/α,β-unsaturated/α-hetero) is 1. The molecule has 0 aliphatic carbocycles. The zero-order chi connectivity index (χ0) is 21.7. The zero-order valence-corrected chi connectivity index (χ0v) is 16.5. The Morgan fingerprint density at radius 1 is 1.03 bits per heavy atom. The number of hydrogen-bond donors (Lipinski definition) is 0. The summed E-state index contributed by atoms with van der Waals surface area (Å²) in [7, 11) is 2.35. The molecule has 0 saturated carbocycles. The summed E-state index contributed by atoms with van der Waals surface area (Å²) in [5, 5.41) is 0. The van der Waals surface area contributed by atoms with Crippen LogP contribution in [0.25, 0.3) is 0 Å². The summed E-state index contributed by atoms with van der Waals surface area (Å²) in [6.45, 7) is -0.301. The van der Waals surface area contributed by atoms with E-state index in [-0.39, 0.29) is 48.1 Å². The fourth-order valence-corrected chi connectivity index (χ4v) is 3.18. The third-order valence-corrected chi connectivity index (χ3v) is 4.59. The minimum Gasteiger partial charge on any atom is -0.466 e. The summed E-state index contributed by atoms with van der Waals surface area (Å²) >= 11 is 0. The number of halogens is 1. The average molecular weight is 413 g/mol. The topological polar surface area (TPSA) is 82.1 Å². The van der Waals surface area contributed by atoms with Crippen molar-refractivity contribution in [2.24, 2.45) is 0 Å². The van der Waals surface area contributed by atoms with Crippen LogP contribution in [0.2, 0.25) is 0 Å². The predicted octanol–water partition coefficient (Wildman–Crippen LogP) is 2.65. The molecule has 0 fully saturated rings. The van der Waals surface area contributed by atoms with Gasteiger partial charge in [0.25, 0.3) is 0 Å². The standard InChI is InChI=1S/C22H20FNO6/c1-28-21(26)17-12-30-13-24(20(17)22(27)29-2)18-9-8-15(23)11-16(18)19(25)10-14-6-4-3-5-7-14/h3-9,11H,10,12-13H2,1-2H3. The first kappa shape index (κ1) is 21.2. The third-order valence-electron chi connectivity index (χ3n) is 4.59. The molecule has 3 rings (SSSR count). The molecule has 0 amide bonds. The number of benzene rings is 2. The normalized spacial score (nSPS) is 13.8. The molecule has 1 aliphatic heterocycles. The molecule has 0 aromatic heterocycles. The molecule has 7 nitrogen and oxygen atoms in total. The molecule has 0 spiro atoms. The van der Waals surface area contributed by atoms with E-state index < -0.39 is 17.8 Å². The quantitative estimate of drug-likeness (QED) is 0.532. The van der Waals surface area contributed by atoms with Crippen LogP contribution in [0.3, 0.4) is 0 Å². The molecule has 0 saturated heterocycles. The van der Waals surface area contributed by atoms with Crippen LogP contribution in [0.4, 0.5) is 10.1 Å². The maximum atomic E-state index is 14.0. The number of carbonyl (C=O) groups is 3. The van der Waals surface area contributed by atoms with Gasteiger partial charge in [-0.3, -0.25) is 4.79 Å². The van der Waals surface area contributed by atoms with Crippen molar-refractivity contribution >= 4 is 23.4 Å². The van der Waals surface area contributed by atoms with Crippen molar-refractivity contribution in [3.63, 3.8) is 0 Å². The number of ether oxygens (including phenoxy) is 3. The van der Waals surface area contributed by atoms with Gasteiger partial charge in [0.1, 0.15) is 18.2 Å². The molecular formula is C22H20FNO6. The lowest BCUT2D eigenvalue weighted by molar-refractivity contribution is -0.140. The van der Waals surface area contributed by atoms with Gasteiger partial charge in [-0.05, 0) is 23.8 Å². The Balaban J connectivity index is 2.08. The van der Waals surface area contributed by atoms with Gasteiger partial charge in [0.05, 0.1) is 32.1 Å². The summed E-state index contributed by atoms with van der Waals surface area (Å²) in [6, 6.07) is 12.6. The first-order chi connectivity index (χ1) is 14.5. The van der Waals surface area contributed by atoms with E-state index in [1.165, 1.54) is 25.2 Å². The van der Waals surface area contributed by atoms with Crippen LogP contribution in [-0.4, -0.2) is 45.3 Å². The van der Waals surface area contributed by atoms with Gasteiger partial charge in [-0.1, -0.05) is 30.3 Å². The molecule has 0 bridgehead atoms. The molecule has 30 heavy (non-hydrogen) atoms. The van der Waals surface area contributed by atoms with E-state index in [1.807, 2.05) is 6.07 Å². The Labute approximate surface area is 172 Å². The Kier molecular flexibility index (Phi) is 6.58. The Bertz CT molecular complexity index is 1000. The first-order valence-corrected chi connectivity index (χ1v) is 9.08. The number of carbonyl (C=O) groups excluding carboxylic acids is 3. The second kappa shape index (κ2) is 9.32. The molecule has 2 aromatic rings. The smallest absolute Gasteiger partial charge is 0.355 e. The van der Waals surface area contributed by atoms with Crippen molar-refractivity contribution in [2.75, 3.05) is 32.5 Å². The van der Waals surface area contributed by atoms with Crippen LogP contribution < -0.4 is 4.90 Å². The van der Waals surface area contributed by atoms with Crippen LogP contribution in [0.5, 0.6) is 0 Å². The van der Waals surface area contributed by atoms with Crippen LogP contribution in [0.15, 0.2) is 59.8 Å². The maximum Gasteiger partial charge on any atom is 0.355 e. The van der Waals surface area contributed by atoms with Crippen LogP contribution in [-0.2, 0) is 30.2 Å². The summed E-state index contributed by atoms with van der Waals surface area (Å²) in [5.74, 6) is -2.53. The predicted molar refractivity (Wildman–Crippen MR) is 105 cm³/mol. The molecule has 0 unspecified atom stereocenters. The van der Waals surface area contributed by atoms with Gasteiger partial charge in [0, 0.05) is 12.0 Å². The molecule has 156 valence electrons. The lowest BCUT2D eigenvalue weighted by Crippen LogP contribution is -2.39. The van der Waals surface area contributed by atoms with Gasteiger partial charge in [0.2, 0.25) is 0 Å². The van der Waals surface area contributed by atoms with Gasteiger partial charge in [-0.15, -0.1) is 0 Å². The Hall–Kier alpha value is -3.52. The summed E-state index contributed by atoms with van der Waals surface area (Å²) < 4.78 is 29.0. The lowest BCUT2D eigenvalue weighted by atomic mass is 10.00. The minimum atomic E-state index is -0.801. The van der Waals surface area contributed by atoms with E-state index in [2.05, 4.69) is 0 Å². The highest BCUT2D eigenvalue weighted by Crippen LogP contribution is 2.31. The molecule has 0 N–H and O–H groups in total. The number of methoxy groups -OCH3 is 2. The van der Waals surface area contributed by atoms with Gasteiger partial charge in [0.15, 0.2) is 5.78 Å². The summed E-state index contributed by atoms with van der Waals surface area (Å²) in [4.78, 5) is 39.0. The number of nitrogens with zero attached hydrogens (tertiary/aromatic N) is 1. The summed E-state index contributed by atoms with van der Waals surface area (Å²) in [6.07, 6.45) is 0.0348. The largest absolute Gasteiger partial charge is 0.466 e. The average Bonchev–Trinajstić information content (AvgIpc) is 2.78. The molecule has 2 aromatic carbocycles. The fourth-order valence-electron chi connectivity index (χ4n) is 3.18. The molecule has 1 aliphatic rings. The second-order valence-corrected chi connectivity index (χ2v) is 6.46. The number of anilines is 1. The molecule has 1 heterocycles. The fraction of sp³-hybridized carbons (Fsp3) is 0.227. The second-order valence-electron chi connectivity index (χ2n) is 6.46. The maximum absolute atomic E-state index is 14.0. The van der Waals surface area contributed by atoms with E-state index in [0.717, 1.165) is 17.7 Å². The van der Waals surface area contributed by atoms with E-state index in [4.69, 9.17) is 14.2 Å². The van der Waals surface area contributed by atoms with Gasteiger partial charge in [-0.2, -0.15) is 0 Å². The van der Waals surface area contributed by atoms with Gasteiger partial charge >= 0.3 is 11.9 Å². The van der Waals surface area contributed by atoms with Crippen molar-refractivity contribution in [1.82, 2.24) is 0 Å². The van der Waals surface area contributed by atoms with Crippen molar-refractivity contribution in [2.45, 2.75) is 6.42 Å². The van der Waals surface area contributed by atoms with Crippen molar-refractivity contribution in [1.29, 1.82) is 0 Å². The van der Waals surface area contributed by atoms with Gasteiger partial charge < -0.3 is 19.1 Å². The molecule has 8 heteroatoms. The third kappa shape index (κ3) is 4.38. The van der Waals surface area contributed by atoms with Gasteiger partial charge in [-0.25, -0.2) is 14.0 Å². The highest BCUT2D eigenvalue weighted by atomic mass is 19.1. The minimum absolute atomic E-state index is 0.0348. The highest BCUT2D eigenvalue weighted by Gasteiger charge is 2.34. The van der Waals surface area contributed by atoms with Crippen molar-refractivity contribution in [3.05, 3.63) is 76.7 Å². The summed E-state index contributed by atoms with van der Waals surface area (Å²) in [5.41, 5.74) is 0.859.